The van der Waals surface area contributed by atoms with E-state index in [1.807, 2.05) is 60.7 Å². The van der Waals surface area contributed by atoms with E-state index in [-0.39, 0.29) is 37.2 Å². The number of carbonyl (C=O) groups excluding carboxylic acids is 2. The number of aromatic carboxylic acids is 1. The van der Waals surface area contributed by atoms with Gasteiger partial charge in [0.15, 0.2) is 0 Å². The first-order valence-electron chi connectivity index (χ1n) is 10.9. The van der Waals surface area contributed by atoms with Crippen molar-refractivity contribution < 1.29 is 29.0 Å². The number of rotatable bonds is 9. The molecule has 3 aromatic carbocycles. The van der Waals surface area contributed by atoms with Crippen LogP contribution in [0.3, 0.4) is 0 Å². The highest BCUT2D eigenvalue weighted by Gasteiger charge is 2.07. The first-order chi connectivity index (χ1) is 17.4. The van der Waals surface area contributed by atoms with Gasteiger partial charge in [-0.15, -0.1) is 0 Å². The number of nitrogens with two attached hydrogens (primary N) is 2. The number of amides is 1. The molecule has 0 fully saturated rings. The number of hydrogen-bond donors (Lipinski definition) is 4. The van der Waals surface area contributed by atoms with Gasteiger partial charge >= 0.3 is 18.0 Å². The molecule has 0 unspecified atom stereocenters. The number of nitrogens with zero attached hydrogens (tertiary/aromatic N) is 1. The van der Waals surface area contributed by atoms with Crippen molar-refractivity contribution in [3.8, 4) is 0 Å². The normalized spacial score (nSPS) is 10.5. The Hall–Kier alpha value is -4.54. The first-order valence-corrected chi connectivity index (χ1v) is 10.9. The minimum absolute atomic E-state index is 0.0324. The molecular formula is C26H28N4O6. The van der Waals surface area contributed by atoms with Crippen LogP contribution >= 0.6 is 0 Å². The van der Waals surface area contributed by atoms with Crippen molar-refractivity contribution in [2.24, 2.45) is 16.5 Å². The van der Waals surface area contributed by atoms with Crippen molar-refractivity contribution in [1.29, 1.82) is 0 Å². The highest BCUT2D eigenvalue weighted by atomic mass is 16.5. The summed E-state index contributed by atoms with van der Waals surface area (Å²) >= 11 is 0. The van der Waals surface area contributed by atoms with Gasteiger partial charge in [0.1, 0.15) is 19.0 Å². The average molecular weight is 493 g/mol. The van der Waals surface area contributed by atoms with Crippen molar-refractivity contribution in [2.45, 2.75) is 13.2 Å². The average Bonchev–Trinajstić information content (AvgIpc) is 2.91. The van der Waals surface area contributed by atoms with Gasteiger partial charge in [-0.25, -0.2) is 9.59 Å². The zero-order valence-corrected chi connectivity index (χ0v) is 19.5. The van der Waals surface area contributed by atoms with Gasteiger partial charge in [-0.05, 0) is 23.3 Å². The molecule has 0 radical (unpaired) electrons. The predicted molar refractivity (Wildman–Crippen MR) is 134 cm³/mol. The summed E-state index contributed by atoms with van der Waals surface area (Å²) in [5.74, 6) is -1.36. The van der Waals surface area contributed by atoms with Crippen molar-refractivity contribution in [3.63, 3.8) is 0 Å². The van der Waals surface area contributed by atoms with E-state index in [1.54, 1.807) is 0 Å². The number of esters is 1. The van der Waals surface area contributed by atoms with Gasteiger partial charge in [0, 0.05) is 12.2 Å². The fraction of sp³-hybridized carbons (Fsp3) is 0.154. The number of aliphatic imine (C=N–C) groups is 1. The third-order valence-electron chi connectivity index (χ3n) is 4.50. The summed E-state index contributed by atoms with van der Waals surface area (Å²) in [5, 5.41) is 11.5. The van der Waals surface area contributed by atoms with Crippen molar-refractivity contribution in [3.05, 3.63) is 107 Å². The van der Waals surface area contributed by atoms with Crippen LogP contribution in [0.1, 0.15) is 27.0 Å². The van der Waals surface area contributed by atoms with Crippen molar-refractivity contribution >= 4 is 23.9 Å². The molecule has 10 nitrogen and oxygen atoms in total. The largest absolute Gasteiger partial charge is 0.478 e. The van der Waals surface area contributed by atoms with Gasteiger partial charge < -0.3 is 26.0 Å². The molecule has 10 heteroatoms. The maximum absolute atomic E-state index is 11.6. The second-order valence-electron chi connectivity index (χ2n) is 7.20. The van der Waals surface area contributed by atoms with E-state index in [0.29, 0.717) is 12.2 Å². The van der Waals surface area contributed by atoms with Crippen molar-refractivity contribution in [1.82, 2.24) is 5.32 Å². The smallest absolute Gasteiger partial charge is 0.435 e. The van der Waals surface area contributed by atoms with Gasteiger partial charge in [0.05, 0.1) is 12.1 Å². The summed E-state index contributed by atoms with van der Waals surface area (Å²) in [6, 6.07) is 24.5. The molecule has 0 atom stereocenters. The maximum Gasteiger partial charge on any atom is 0.435 e. The Morgan fingerprint density at radius 3 is 1.78 bits per heavy atom. The van der Waals surface area contributed by atoms with Crippen molar-refractivity contribution in [2.75, 3.05) is 13.2 Å². The highest BCUT2D eigenvalue weighted by molar-refractivity contribution is 6.03. The van der Waals surface area contributed by atoms with Gasteiger partial charge in [-0.3, -0.25) is 10.1 Å². The molecule has 0 aliphatic rings. The van der Waals surface area contributed by atoms with E-state index in [2.05, 4.69) is 10.3 Å². The summed E-state index contributed by atoms with van der Waals surface area (Å²) < 4.78 is 9.95. The topological polar surface area (TPSA) is 166 Å². The fourth-order valence-corrected chi connectivity index (χ4v) is 2.66. The molecule has 0 bridgehead atoms. The number of amidine groups is 1. The molecule has 1 amide bonds. The predicted octanol–water partition coefficient (Wildman–Crippen LogP) is 2.66. The Morgan fingerprint density at radius 2 is 1.28 bits per heavy atom. The van der Waals surface area contributed by atoms with Crippen LogP contribution in [0.2, 0.25) is 0 Å². The molecule has 6 N–H and O–H groups in total. The lowest BCUT2D eigenvalue weighted by atomic mass is 10.1. The molecule has 188 valence electrons. The summed E-state index contributed by atoms with van der Waals surface area (Å²) in [6.07, 6.45) is -0.802. The molecule has 0 aliphatic heterocycles. The molecule has 36 heavy (non-hydrogen) atoms. The second-order valence-corrected chi connectivity index (χ2v) is 7.20. The minimum Gasteiger partial charge on any atom is -0.478 e. The maximum atomic E-state index is 11.6. The van der Waals surface area contributed by atoms with Gasteiger partial charge in [-0.2, -0.15) is 4.99 Å². The highest BCUT2D eigenvalue weighted by Crippen LogP contribution is 2.06. The van der Waals surface area contributed by atoms with E-state index in [0.717, 1.165) is 11.1 Å². The fourth-order valence-electron chi connectivity index (χ4n) is 2.66. The standard InChI is InChI=1S/C16H14N2O4.C10H14N2O2/c17-14(12-6-8-13(9-7-12)15(19)20)18-16(21)22-10-11-4-2-1-3-5-11;11-8-12-6-10(13)14-7-9-4-2-1-3-5-9/h1-9H,10H2,(H,19,20)(H2,17,18,21);1-5,12H,6-8,11H2. The molecular weight excluding hydrogens is 464 g/mol. The SMILES string of the molecule is NC(=NC(=O)OCc1ccccc1)c1ccc(C(=O)O)cc1.NCNCC(=O)OCc1ccccc1. The number of nitrogens with one attached hydrogen (secondary N) is 1. The first kappa shape index (κ1) is 27.7. The molecule has 3 aromatic rings. The lowest BCUT2D eigenvalue weighted by Crippen LogP contribution is -2.29. The third kappa shape index (κ3) is 10.6. The van der Waals surface area contributed by atoms with E-state index in [4.69, 9.17) is 26.0 Å². The number of hydrogen-bond acceptors (Lipinski definition) is 7. The number of carboxylic acid groups (broad SMARTS) is 1. The summed E-state index contributed by atoms with van der Waals surface area (Å²) in [5.41, 5.74) is 13.3. The quantitative estimate of drug-likeness (QED) is 0.152. The molecule has 0 heterocycles. The van der Waals surface area contributed by atoms with Crippen LogP contribution in [0.5, 0.6) is 0 Å². The Bertz CT molecular complexity index is 1140. The Morgan fingerprint density at radius 1 is 0.778 bits per heavy atom. The summed E-state index contributed by atoms with van der Waals surface area (Å²) in [6.45, 7) is 0.851. The van der Waals surface area contributed by atoms with E-state index >= 15 is 0 Å². The summed E-state index contributed by atoms with van der Waals surface area (Å²) in [7, 11) is 0. The Balaban J connectivity index is 0.000000281. The van der Waals surface area contributed by atoms with Crippen LogP contribution in [-0.2, 0) is 27.5 Å². The van der Waals surface area contributed by atoms with E-state index < -0.39 is 12.1 Å². The Labute approximate surface area is 208 Å². The van der Waals surface area contributed by atoms with Gasteiger partial charge in [0.2, 0.25) is 0 Å². The molecule has 0 aromatic heterocycles. The molecule has 0 aliphatic carbocycles. The Kier molecular flexibility index (Phi) is 11.8. The zero-order chi connectivity index (χ0) is 26.2. The number of carbonyl (C=O) groups is 3. The number of ether oxygens (including phenoxy) is 2. The molecule has 0 spiro atoms. The van der Waals surface area contributed by atoms with Crippen LogP contribution < -0.4 is 16.8 Å². The van der Waals surface area contributed by atoms with Crippen LogP contribution in [-0.4, -0.2) is 42.2 Å². The lowest BCUT2D eigenvalue weighted by molar-refractivity contribution is -0.143. The number of benzene rings is 3. The number of carboxylic acids is 1. The van der Waals surface area contributed by atoms with E-state index in [1.165, 1.54) is 24.3 Å². The molecule has 3 rings (SSSR count). The minimum atomic E-state index is -1.04. The van der Waals surface area contributed by atoms with Crippen LogP contribution in [0.4, 0.5) is 4.79 Å². The van der Waals surface area contributed by atoms with E-state index in [9.17, 15) is 14.4 Å². The van der Waals surface area contributed by atoms with Gasteiger partial charge in [-0.1, -0.05) is 72.8 Å². The van der Waals surface area contributed by atoms with Gasteiger partial charge in [0.25, 0.3) is 0 Å². The van der Waals surface area contributed by atoms with Crippen LogP contribution in [0, 0.1) is 0 Å². The summed E-state index contributed by atoms with van der Waals surface area (Å²) in [4.78, 5) is 37.0. The zero-order valence-electron chi connectivity index (χ0n) is 19.5. The second kappa shape index (κ2) is 15.4. The van der Waals surface area contributed by atoms with Crippen LogP contribution in [0.25, 0.3) is 0 Å². The monoisotopic (exact) mass is 492 g/mol. The molecule has 0 saturated heterocycles. The lowest BCUT2D eigenvalue weighted by Gasteiger charge is -2.04. The third-order valence-corrected chi connectivity index (χ3v) is 4.50. The van der Waals surface area contributed by atoms with Crippen LogP contribution in [0.15, 0.2) is 89.9 Å². The molecule has 0 saturated carbocycles.